The number of nitrogens with zero attached hydrogens (tertiary/aromatic N) is 4. The van der Waals surface area contributed by atoms with E-state index in [0.29, 0.717) is 43.4 Å². The van der Waals surface area contributed by atoms with Gasteiger partial charge in [-0.1, -0.05) is 44.5 Å². The third kappa shape index (κ3) is 5.18. The monoisotopic (exact) mass is 484 g/mol. The summed E-state index contributed by atoms with van der Waals surface area (Å²) in [6, 6.07) is 7.91. The van der Waals surface area contributed by atoms with Crippen molar-refractivity contribution in [3.05, 3.63) is 46.7 Å². The maximum Gasteiger partial charge on any atom is 0.231 e. The van der Waals surface area contributed by atoms with Gasteiger partial charge in [-0.05, 0) is 30.5 Å². The lowest BCUT2D eigenvalue weighted by molar-refractivity contribution is -0.133. The Morgan fingerprint density at radius 1 is 1.21 bits per heavy atom. The van der Waals surface area contributed by atoms with Gasteiger partial charge >= 0.3 is 0 Å². The molecule has 3 heterocycles. The number of carbonyl (C=O) groups is 2. The van der Waals surface area contributed by atoms with E-state index in [2.05, 4.69) is 46.3 Å². The molecule has 2 N–H and O–H groups in total. The summed E-state index contributed by atoms with van der Waals surface area (Å²) >= 11 is 6.08. The van der Waals surface area contributed by atoms with E-state index in [4.69, 9.17) is 11.6 Å². The lowest BCUT2D eigenvalue weighted by atomic mass is 9.93. The number of aromatic nitrogens is 2. The largest absolute Gasteiger partial charge is 0.350 e. The van der Waals surface area contributed by atoms with Gasteiger partial charge in [0.05, 0.1) is 5.92 Å². The number of amides is 2. The molecular weight excluding hydrogens is 452 g/mol. The minimum atomic E-state index is -0.277. The standard InChI is InChI=1S/C25H33ClN6O2/c1-15(2)27-12-20(18-5-7-19(26)8-6-18)25(34)31-9-10-32(17(4)13-31)24-22-16(3)11-21(33)30-23(22)28-14-29-24/h5-8,14-17,20,27H,9-13H2,1-4H3,(H,28,29,30,33)/t16-,17-,20-/m1/s1. The first-order valence-corrected chi connectivity index (χ1v) is 12.3. The van der Waals surface area contributed by atoms with Crippen molar-refractivity contribution in [2.24, 2.45) is 0 Å². The van der Waals surface area contributed by atoms with Crippen LogP contribution in [0.2, 0.25) is 5.02 Å². The summed E-state index contributed by atoms with van der Waals surface area (Å²) in [4.78, 5) is 38.7. The number of anilines is 2. The average Bonchev–Trinajstić information content (AvgIpc) is 2.79. The third-order valence-corrected chi connectivity index (χ3v) is 6.87. The molecule has 2 aromatic rings. The quantitative estimate of drug-likeness (QED) is 0.653. The topological polar surface area (TPSA) is 90.5 Å². The van der Waals surface area contributed by atoms with Gasteiger partial charge < -0.3 is 20.4 Å². The first kappa shape index (κ1) is 24.4. The summed E-state index contributed by atoms with van der Waals surface area (Å²) in [5, 5.41) is 6.96. The molecule has 8 nitrogen and oxygen atoms in total. The van der Waals surface area contributed by atoms with E-state index < -0.39 is 0 Å². The Bertz CT molecular complexity index is 1040. The van der Waals surface area contributed by atoms with E-state index in [1.807, 2.05) is 36.1 Å². The van der Waals surface area contributed by atoms with Gasteiger partial charge in [0.25, 0.3) is 0 Å². The number of carbonyl (C=O) groups excluding carboxylic acids is 2. The van der Waals surface area contributed by atoms with Gasteiger partial charge in [0, 0.05) is 55.3 Å². The number of hydrogen-bond acceptors (Lipinski definition) is 6. The number of fused-ring (bicyclic) bond motifs is 1. The van der Waals surface area contributed by atoms with Crippen molar-refractivity contribution in [1.29, 1.82) is 0 Å². The fourth-order valence-corrected chi connectivity index (χ4v) is 4.95. The van der Waals surface area contributed by atoms with Crippen LogP contribution in [0.1, 0.15) is 57.1 Å². The van der Waals surface area contributed by atoms with Gasteiger partial charge in [0.15, 0.2) is 0 Å². The molecule has 182 valence electrons. The summed E-state index contributed by atoms with van der Waals surface area (Å²) in [7, 11) is 0. The number of hydrogen-bond donors (Lipinski definition) is 2. The van der Waals surface area contributed by atoms with E-state index in [-0.39, 0.29) is 35.7 Å². The van der Waals surface area contributed by atoms with Crippen molar-refractivity contribution in [3.63, 3.8) is 0 Å². The third-order valence-electron chi connectivity index (χ3n) is 6.62. The summed E-state index contributed by atoms with van der Waals surface area (Å²) in [5.74, 6) is 1.32. The van der Waals surface area contributed by atoms with Crippen LogP contribution in [-0.2, 0) is 9.59 Å². The fraction of sp³-hybridized carbons (Fsp3) is 0.520. The number of halogens is 1. The Morgan fingerprint density at radius 3 is 2.62 bits per heavy atom. The average molecular weight is 485 g/mol. The summed E-state index contributed by atoms with van der Waals surface area (Å²) < 4.78 is 0. The van der Waals surface area contributed by atoms with Crippen molar-refractivity contribution in [2.75, 3.05) is 36.4 Å². The molecule has 34 heavy (non-hydrogen) atoms. The Morgan fingerprint density at radius 2 is 1.94 bits per heavy atom. The minimum absolute atomic E-state index is 0.0173. The lowest BCUT2D eigenvalue weighted by Gasteiger charge is -2.43. The van der Waals surface area contributed by atoms with E-state index in [1.165, 1.54) is 6.33 Å². The van der Waals surface area contributed by atoms with Crippen LogP contribution < -0.4 is 15.5 Å². The van der Waals surface area contributed by atoms with Crippen LogP contribution in [0.15, 0.2) is 30.6 Å². The maximum atomic E-state index is 13.7. The first-order chi connectivity index (χ1) is 16.2. The Balaban J connectivity index is 1.52. The van der Waals surface area contributed by atoms with Gasteiger partial charge in [-0.25, -0.2) is 9.97 Å². The zero-order valence-electron chi connectivity index (χ0n) is 20.2. The second-order valence-electron chi connectivity index (χ2n) is 9.61. The van der Waals surface area contributed by atoms with Gasteiger partial charge in [0.2, 0.25) is 11.8 Å². The summed E-state index contributed by atoms with van der Waals surface area (Å²) in [6.45, 7) is 10.8. The van der Waals surface area contributed by atoms with Gasteiger partial charge in [-0.2, -0.15) is 0 Å². The van der Waals surface area contributed by atoms with Crippen LogP contribution in [0.4, 0.5) is 11.6 Å². The van der Waals surface area contributed by atoms with Gasteiger partial charge in [-0.3, -0.25) is 9.59 Å². The highest BCUT2D eigenvalue weighted by Gasteiger charge is 2.35. The highest BCUT2D eigenvalue weighted by molar-refractivity contribution is 6.30. The first-order valence-electron chi connectivity index (χ1n) is 11.9. The van der Waals surface area contributed by atoms with Crippen molar-refractivity contribution >= 4 is 35.1 Å². The Kier molecular flexibility index (Phi) is 7.38. The van der Waals surface area contributed by atoms with Crippen LogP contribution in [-0.4, -0.2) is 64.9 Å². The highest BCUT2D eigenvalue weighted by atomic mass is 35.5. The maximum absolute atomic E-state index is 13.7. The number of rotatable bonds is 6. The molecule has 0 aliphatic carbocycles. The van der Waals surface area contributed by atoms with Crippen molar-refractivity contribution < 1.29 is 9.59 Å². The van der Waals surface area contributed by atoms with Crippen LogP contribution in [0.3, 0.4) is 0 Å². The van der Waals surface area contributed by atoms with Gasteiger partial charge in [-0.15, -0.1) is 0 Å². The zero-order valence-corrected chi connectivity index (χ0v) is 21.0. The van der Waals surface area contributed by atoms with Crippen LogP contribution >= 0.6 is 11.6 Å². The Labute approximate surface area is 206 Å². The molecule has 1 aromatic heterocycles. The molecule has 1 fully saturated rings. The molecule has 0 unspecified atom stereocenters. The number of piperazine rings is 1. The zero-order chi connectivity index (χ0) is 24.4. The van der Waals surface area contributed by atoms with Crippen molar-refractivity contribution in [1.82, 2.24) is 20.2 Å². The second-order valence-corrected chi connectivity index (χ2v) is 10.0. The smallest absolute Gasteiger partial charge is 0.231 e. The highest BCUT2D eigenvalue weighted by Crippen LogP contribution is 2.37. The van der Waals surface area contributed by atoms with Crippen molar-refractivity contribution in [2.45, 2.75) is 58.0 Å². The van der Waals surface area contributed by atoms with E-state index in [9.17, 15) is 9.59 Å². The molecule has 4 rings (SSSR count). The lowest BCUT2D eigenvalue weighted by Crippen LogP contribution is -2.56. The predicted molar refractivity (Wildman–Crippen MR) is 134 cm³/mol. The molecular formula is C25H33ClN6O2. The molecule has 2 amide bonds. The molecule has 2 aliphatic heterocycles. The SMILES string of the molecule is CC(C)NC[C@@H](C(=O)N1CCN(c2ncnc3c2[C@H](C)CC(=O)N3)[C@H](C)C1)c1ccc(Cl)cc1. The molecule has 1 aromatic carbocycles. The molecule has 0 radical (unpaired) electrons. The fourth-order valence-electron chi connectivity index (χ4n) is 4.82. The molecule has 0 saturated carbocycles. The number of nitrogens with one attached hydrogen (secondary N) is 2. The summed E-state index contributed by atoms with van der Waals surface area (Å²) in [5.41, 5.74) is 1.95. The Hall–Kier alpha value is -2.71. The van der Waals surface area contributed by atoms with E-state index >= 15 is 0 Å². The van der Waals surface area contributed by atoms with Crippen LogP contribution in [0, 0.1) is 0 Å². The molecule has 0 bridgehead atoms. The number of benzene rings is 1. The summed E-state index contributed by atoms with van der Waals surface area (Å²) in [6.07, 6.45) is 1.93. The molecule has 2 aliphatic rings. The van der Waals surface area contributed by atoms with Crippen LogP contribution in [0.5, 0.6) is 0 Å². The van der Waals surface area contributed by atoms with Crippen LogP contribution in [0.25, 0.3) is 0 Å². The second kappa shape index (κ2) is 10.3. The minimum Gasteiger partial charge on any atom is -0.350 e. The molecule has 9 heteroatoms. The van der Waals surface area contributed by atoms with E-state index in [0.717, 1.165) is 16.9 Å². The normalized spacial score (nSPS) is 21.3. The predicted octanol–water partition coefficient (Wildman–Crippen LogP) is 3.39. The molecule has 3 atom stereocenters. The van der Waals surface area contributed by atoms with Gasteiger partial charge in [0.1, 0.15) is 18.0 Å². The molecule has 0 spiro atoms. The van der Waals surface area contributed by atoms with Crippen molar-refractivity contribution in [3.8, 4) is 0 Å². The molecule has 1 saturated heterocycles. The van der Waals surface area contributed by atoms with E-state index in [1.54, 1.807) is 0 Å².